The van der Waals surface area contributed by atoms with Gasteiger partial charge in [-0.25, -0.2) is 0 Å². The molecule has 0 spiro atoms. The van der Waals surface area contributed by atoms with Crippen molar-refractivity contribution in [3.05, 3.63) is 60.8 Å². The first kappa shape index (κ1) is 79.1. The van der Waals surface area contributed by atoms with E-state index in [1.165, 1.54) is 270 Å². The molecule has 0 aromatic carbocycles. The van der Waals surface area contributed by atoms with Crippen molar-refractivity contribution in [3.63, 3.8) is 0 Å². The van der Waals surface area contributed by atoms with Gasteiger partial charge in [-0.05, 0) is 89.9 Å². The Bertz CT molecular complexity index is 1460. The Kier molecular flexibility index (Phi) is 68.1. The highest BCUT2D eigenvalue weighted by Gasteiger charge is 2.19. The number of ether oxygens (including phenoxy) is 3. The largest absolute Gasteiger partial charge is 0.462 e. The minimum Gasteiger partial charge on any atom is -0.462 e. The summed E-state index contributed by atoms with van der Waals surface area (Å²) in [5, 5.41) is 0. The predicted octanol–water partition coefficient (Wildman–Crippen LogP) is 25.1. The van der Waals surface area contributed by atoms with Crippen LogP contribution in [-0.4, -0.2) is 37.2 Å². The zero-order valence-electron chi connectivity index (χ0n) is 55.0. The van der Waals surface area contributed by atoms with Crippen molar-refractivity contribution in [1.29, 1.82) is 0 Å². The monoisotopic (exact) mass is 1150 g/mol. The molecule has 0 aliphatic heterocycles. The lowest BCUT2D eigenvalue weighted by Gasteiger charge is -2.18. The highest BCUT2D eigenvalue weighted by molar-refractivity contribution is 5.71. The maximum Gasteiger partial charge on any atom is 0.306 e. The highest BCUT2D eigenvalue weighted by Crippen LogP contribution is 2.18. The zero-order valence-corrected chi connectivity index (χ0v) is 55.0. The Morgan fingerprint density at radius 2 is 0.439 bits per heavy atom. The number of allylic oxidation sites excluding steroid dienone is 10. The Morgan fingerprint density at radius 1 is 0.244 bits per heavy atom. The van der Waals surface area contributed by atoms with Crippen molar-refractivity contribution in [1.82, 2.24) is 0 Å². The summed E-state index contributed by atoms with van der Waals surface area (Å²) < 4.78 is 17.0. The molecule has 1 unspecified atom stereocenters. The molecule has 0 bridgehead atoms. The van der Waals surface area contributed by atoms with Crippen LogP contribution in [0.25, 0.3) is 0 Å². The zero-order chi connectivity index (χ0) is 59.2. The lowest BCUT2D eigenvalue weighted by molar-refractivity contribution is -0.167. The lowest BCUT2D eigenvalue weighted by atomic mass is 10.0. The molecule has 0 aliphatic rings. The van der Waals surface area contributed by atoms with Crippen molar-refractivity contribution in [2.45, 2.75) is 393 Å². The summed E-state index contributed by atoms with van der Waals surface area (Å²) in [6.45, 7) is 6.66. The van der Waals surface area contributed by atoms with Crippen LogP contribution in [0.1, 0.15) is 387 Å². The predicted molar refractivity (Wildman–Crippen MR) is 358 cm³/mol. The Hall–Kier alpha value is -2.89. The number of carbonyl (C=O) groups is 3. The van der Waals surface area contributed by atoms with Gasteiger partial charge in [-0.3, -0.25) is 14.4 Å². The van der Waals surface area contributed by atoms with Crippen molar-refractivity contribution < 1.29 is 28.6 Å². The quantitative estimate of drug-likeness (QED) is 0.0261. The molecule has 0 saturated heterocycles. The van der Waals surface area contributed by atoms with Gasteiger partial charge in [0.25, 0.3) is 0 Å². The molecule has 0 N–H and O–H groups in total. The molecule has 0 rings (SSSR count). The second kappa shape index (κ2) is 70.6. The van der Waals surface area contributed by atoms with Gasteiger partial charge in [-0.1, -0.05) is 338 Å². The van der Waals surface area contributed by atoms with Crippen molar-refractivity contribution in [3.8, 4) is 0 Å². The van der Waals surface area contributed by atoms with Crippen LogP contribution in [0.2, 0.25) is 0 Å². The van der Waals surface area contributed by atoms with Crippen LogP contribution < -0.4 is 0 Å². The Labute approximate surface area is 510 Å². The van der Waals surface area contributed by atoms with E-state index in [1.807, 2.05) is 0 Å². The maximum absolute atomic E-state index is 12.9. The average Bonchev–Trinajstić information content (AvgIpc) is 3.47. The van der Waals surface area contributed by atoms with Crippen LogP contribution in [0.15, 0.2) is 60.8 Å². The molecule has 0 aliphatic carbocycles. The fourth-order valence-electron chi connectivity index (χ4n) is 10.8. The maximum atomic E-state index is 12.9. The number of hydrogen-bond donors (Lipinski definition) is 0. The first-order valence-electron chi connectivity index (χ1n) is 36.3. The number of esters is 3. The van der Waals surface area contributed by atoms with Gasteiger partial charge in [-0.2, -0.15) is 0 Å². The fourth-order valence-corrected chi connectivity index (χ4v) is 10.8. The Morgan fingerprint density at radius 3 is 0.683 bits per heavy atom. The lowest BCUT2D eigenvalue weighted by Crippen LogP contribution is -2.30. The van der Waals surface area contributed by atoms with E-state index >= 15 is 0 Å². The van der Waals surface area contributed by atoms with E-state index in [0.717, 1.165) is 77.0 Å². The molecule has 0 aromatic heterocycles. The number of hydrogen-bond acceptors (Lipinski definition) is 6. The SMILES string of the molecule is CCCCCCC/C=C\C/C=C\C/C=C\CCCCCCCCCCCCC(=O)OC(COC(=O)CCCCCCCCCCCC)COC(=O)CCCCCCCCCCCCCCCCCCC/C=C\C/C=C\CCCCCCC. The molecule has 1 atom stereocenters. The van der Waals surface area contributed by atoms with E-state index < -0.39 is 6.10 Å². The third-order valence-corrected chi connectivity index (χ3v) is 16.2. The minimum atomic E-state index is -0.774. The van der Waals surface area contributed by atoms with Crippen LogP contribution in [-0.2, 0) is 28.6 Å². The topological polar surface area (TPSA) is 78.9 Å². The van der Waals surface area contributed by atoms with Crippen molar-refractivity contribution in [2.75, 3.05) is 13.2 Å². The van der Waals surface area contributed by atoms with Crippen LogP contribution in [0.3, 0.4) is 0 Å². The Balaban J connectivity index is 4.15. The van der Waals surface area contributed by atoms with Gasteiger partial charge < -0.3 is 14.2 Å². The number of carbonyl (C=O) groups excluding carboxylic acids is 3. The molecule has 0 heterocycles. The first-order chi connectivity index (χ1) is 40.5. The highest BCUT2D eigenvalue weighted by atomic mass is 16.6. The van der Waals surface area contributed by atoms with Gasteiger partial charge in [0, 0.05) is 19.3 Å². The van der Waals surface area contributed by atoms with E-state index in [9.17, 15) is 14.4 Å². The molecule has 0 saturated carbocycles. The molecule has 82 heavy (non-hydrogen) atoms. The fraction of sp³-hybridized carbons (Fsp3) is 0.829. The second-order valence-corrected chi connectivity index (χ2v) is 24.5. The summed E-state index contributed by atoms with van der Waals surface area (Å²) in [5.74, 6) is -0.853. The molecule has 0 fully saturated rings. The molecule has 478 valence electrons. The second-order valence-electron chi connectivity index (χ2n) is 24.5. The summed E-state index contributed by atoms with van der Waals surface area (Å²) >= 11 is 0. The third kappa shape index (κ3) is 67.9. The van der Waals surface area contributed by atoms with Crippen LogP contribution in [0.5, 0.6) is 0 Å². The molecule has 0 aromatic rings. The minimum absolute atomic E-state index is 0.0711. The summed E-state index contributed by atoms with van der Waals surface area (Å²) in [4.78, 5) is 38.4. The van der Waals surface area contributed by atoms with Gasteiger partial charge in [0.15, 0.2) is 6.10 Å². The van der Waals surface area contributed by atoms with Crippen molar-refractivity contribution >= 4 is 17.9 Å². The van der Waals surface area contributed by atoms with Crippen LogP contribution >= 0.6 is 0 Å². The summed E-state index contributed by atoms with van der Waals surface area (Å²) in [5.41, 5.74) is 0. The first-order valence-corrected chi connectivity index (χ1v) is 36.3. The normalized spacial score (nSPS) is 12.4. The summed E-state index contributed by atoms with van der Waals surface area (Å²) in [7, 11) is 0. The average molecular weight is 1150 g/mol. The van der Waals surface area contributed by atoms with E-state index in [1.54, 1.807) is 0 Å². The molecule has 6 nitrogen and oxygen atoms in total. The number of unbranched alkanes of at least 4 members (excludes halogenated alkanes) is 46. The molecule has 0 amide bonds. The van der Waals surface area contributed by atoms with Gasteiger partial charge >= 0.3 is 17.9 Å². The number of rotatable bonds is 67. The van der Waals surface area contributed by atoms with E-state index in [4.69, 9.17) is 14.2 Å². The molecular weight excluding hydrogens is 1010 g/mol. The van der Waals surface area contributed by atoms with E-state index in [-0.39, 0.29) is 31.1 Å². The smallest absolute Gasteiger partial charge is 0.306 e. The van der Waals surface area contributed by atoms with Crippen LogP contribution in [0, 0.1) is 0 Å². The molecule has 6 heteroatoms. The standard InChI is InChI=1S/C76H138O6/c1-4-7-10-13-16-19-22-24-26-28-30-32-34-36-37-38-39-41-42-44-46-48-50-52-54-57-60-63-66-69-75(78)81-72-73(71-80-74(77)68-65-62-59-56-21-18-15-12-9-6-3)82-76(79)70-67-64-61-58-55-53-51-49-47-45-43-40-35-33-31-29-27-25-23-20-17-14-11-8-5-2/h22-25,28-31,35,40,73H,4-21,26-27,32-34,36-39,41-72H2,1-3H3/b24-22-,25-23-,30-28-,31-29-,40-35-. The summed E-state index contributed by atoms with van der Waals surface area (Å²) in [6, 6.07) is 0. The van der Waals surface area contributed by atoms with Gasteiger partial charge in [0.1, 0.15) is 13.2 Å². The van der Waals surface area contributed by atoms with Gasteiger partial charge in [-0.15, -0.1) is 0 Å². The van der Waals surface area contributed by atoms with Crippen LogP contribution in [0.4, 0.5) is 0 Å². The van der Waals surface area contributed by atoms with Crippen molar-refractivity contribution in [2.24, 2.45) is 0 Å². The third-order valence-electron chi connectivity index (χ3n) is 16.2. The van der Waals surface area contributed by atoms with E-state index in [2.05, 4.69) is 81.5 Å². The van der Waals surface area contributed by atoms with Gasteiger partial charge in [0.05, 0.1) is 0 Å². The summed E-state index contributed by atoms with van der Waals surface area (Å²) in [6.07, 6.45) is 91.2. The van der Waals surface area contributed by atoms with Gasteiger partial charge in [0.2, 0.25) is 0 Å². The molecule has 0 radical (unpaired) electrons. The molecular formula is C76H138O6. The van der Waals surface area contributed by atoms with E-state index in [0.29, 0.717) is 19.3 Å².